The highest BCUT2D eigenvalue weighted by molar-refractivity contribution is 8.00. The van der Waals surface area contributed by atoms with Crippen LogP contribution in [0.15, 0.2) is 29.2 Å². The summed E-state index contributed by atoms with van der Waals surface area (Å²) in [5.41, 5.74) is -4.26. The molecule has 0 bridgehead atoms. The molecule has 0 N–H and O–H groups in total. The van der Waals surface area contributed by atoms with Crippen LogP contribution in [0.4, 0.5) is 13.2 Å². The first-order chi connectivity index (χ1) is 9.94. The predicted octanol–water partition coefficient (Wildman–Crippen LogP) is 4.55. The molecular formula is C15H20F3NOS. The van der Waals surface area contributed by atoms with Crippen LogP contribution in [0.25, 0.3) is 0 Å². The van der Waals surface area contributed by atoms with Crippen LogP contribution in [0.3, 0.4) is 0 Å². The summed E-state index contributed by atoms with van der Waals surface area (Å²) >= 11 is -0.111. The van der Waals surface area contributed by atoms with Gasteiger partial charge in [0.15, 0.2) is 0 Å². The summed E-state index contributed by atoms with van der Waals surface area (Å²) in [6.45, 7) is 1.65. The lowest BCUT2D eigenvalue weighted by atomic mass is 10.0. The third-order valence-electron chi connectivity index (χ3n) is 3.68. The van der Waals surface area contributed by atoms with E-state index in [0.29, 0.717) is 18.4 Å². The molecule has 0 spiro atoms. The number of halogens is 3. The zero-order valence-electron chi connectivity index (χ0n) is 12.0. The molecule has 0 saturated carbocycles. The first-order valence-corrected chi connectivity index (χ1v) is 7.94. The number of piperidine rings is 1. The van der Waals surface area contributed by atoms with Crippen molar-refractivity contribution in [3.8, 4) is 5.75 Å². The Morgan fingerprint density at radius 1 is 1.33 bits per heavy atom. The molecule has 1 unspecified atom stereocenters. The Morgan fingerprint density at radius 2 is 2.14 bits per heavy atom. The number of likely N-dealkylation sites (tertiary alicyclic amines) is 1. The first kappa shape index (κ1) is 16.5. The molecule has 6 heteroatoms. The minimum absolute atomic E-state index is 0.111. The van der Waals surface area contributed by atoms with Crippen molar-refractivity contribution in [3.63, 3.8) is 0 Å². The van der Waals surface area contributed by atoms with Crippen molar-refractivity contribution in [2.24, 2.45) is 0 Å². The normalized spacial score (nSPS) is 20.5. The van der Waals surface area contributed by atoms with Crippen molar-refractivity contribution in [2.75, 3.05) is 20.2 Å². The zero-order valence-corrected chi connectivity index (χ0v) is 12.8. The van der Waals surface area contributed by atoms with Crippen LogP contribution in [0.5, 0.6) is 5.75 Å². The van der Waals surface area contributed by atoms with Crippen molar-refractivity contribution >= 4 is 11.8 Å². The molecule has 1 atom stereocenters. The zero-order chi connectivity index (χ0) is 15.3. The fourth-order valence-electron chi connectivity index (χ4n) is 2.58. The second-order valence-electron chi connectivity index (χ2n) is 5.29. The smallest absolute Gasteiger partial charge is 0.446 e. The Kier molecular flexibility index (Phi) is 5.81. The maximum Gasteiger partial charge on any atom is 0.446 e. The van der Waals surface area contributed by atoms with Gasteiger partial charge in [0, 0.05) is 10.9 Å². The van der Waals surface area contributed by atoms with Crippen molar-refractivity contribution in [1.29, 1.82) is 0 Å². The highest BCUT2D eigenvalue weighted by Gasteiger charge is 2.29. The topological polar surface area (TPSA) is 12.5 Å². The summed E-state index contributed by atoms with van der Waals surface area (Å²) < 4.78 is 42.6. The van der Waals surface area contributed by atoms with Gasteiger partial charge in [-0.3, -0.25) is 0 Å². The maximum atomic E-state index is 12.3. The Balaban J connectivity index is 1.81. The van der Waals surface area contributed by atoms with Crippen molar-refractivity contribution in [1.82, 2.24) is 4.90 Å². The van der Waals surface area contributed by atoms with Crippen molar-refractivity contribution in [2.45, 2.75) is 42.1 Å². The summed E-state index contributed by atoms with van der Waals surface area (Å²) in [5, 5.41) is 0. The molecule has 0 amide bonds. The fourth-order valence-corrected chi connectivity index (χ4v) is 3.17. The molecule has 1 fully saturated rings. The maximum absolute atomic E-state index is 12.3. The molecule has 1 aliphatic heterocycles. The second-order valence-corrected chi connectivity index (χ2v) is 6.43. The summed E-state index contributed by atoms with van der Waals surface area (Å²) in [7, 11) is 2.12. The van der Waals surface area contributed by atoms with Crippen molar-refractivity contribution < 1.29 is 17.9 Å². The van der Waals surface area contributed by atoms with Crippen LogP contribution in [-0.4, -0.2) is 36.6 Å². The van der Waals surface area contributed by atoms with Gasteiger partial charge in [-0.05, 0) is 62.8 Å². The standard InChI is InChI=1S/C15H20F3NOS/c1-19-9-3-2-5-12(19)8-10-20-13-6-4-7-14(11-13)21-15(16,17)18/h4,6-7,11-12H,2-3,5,8-10H2,1H3. The van der Waals surface area contributed by atoms with Gasteiger partial charge in [-0.25, -0.2) is 0 Å². The molecule has 1 aromatic carbocycles. The number of ether oxygens (including phenoxy) is 1. The van der Waals surface area contributed by atoms with E-state index in [0.717, 1.165) is 13.0 Å². The van der Waals surface area contributed by atoms with Gasteiger partial charge in [0.05, 0.1) is 6.61 Å². The van der Waals surface area contributed by atoms with Gasteiger partial charge in [0.2, 0.25) is 0 Å². The number of alkyl halides is 3. The Morgan fingerprint density at radius 3 is 2.86 bits per heavy atom. The molecule has 21 heavy (non-hydrogen) atoms. The molecule has 0 aliphatic carbocycles. The van der Waals surface area contributed by atoms with Crippen LogP contribution >= 0.6 is 11.8 Å². The van der Waals surface area contributed by atoms with Gasteiger partial charge in [-0.2, -0.15) is 13.2 Å². The summed E-state index contributed by atoms with van der Waals surface area (Å²) in [5.74, 6) is 0.503. The number of hydrogen-bond donors (Lipinski definition) is 0. The average molecular weight is 319 g/mol. The fraction of sp³-hybridized carbons (Fsp3) is 0.600. The van der Waals surface area contributed by atoms with Crippen LogP contribution < -0.4 is 4.74 Å². The Labute approximate surface area is 127 Å². The van der Waals surface area contributed by atoms with E-state index in [1.54, 1.807) is 12.1 Å². The first-order valence-electron chi connectivity index (χ1n) is 7.13. The van der Waals surface area contributed by atoms with Gasteiger partial charge in [-0.15, -0.1) is 0 Å². The van der Waals surface area contributed by atoms with E-state index in [-0.39, 0.29) is 16.7 Å². The molecule has 1 heterocycles. The van der Waals surface area contributed by atoms with Gasteiger partial charge in [0.1, 0.15) is 5.75 Å². The van der Waals surface area contributed by atoms with E-state index in [1.165, 1.54) is 31.4 Å². The van der Waals surface area contributed by atoms with Crippen LogP contribution in [0.1, 0.15) is 25.7 Å². The largest absolute Gasteiger partial charge is 0.493 e. The van der Waals surface area contributed by atoms with Gasteiger partial charge in [0.25, 0.3) is 0 Å². The molecule has 1 aliphatic rings. The molecule has 0 radical (unpaired) electrons. The molecule has 2 nitrogen and oxygen atoms in total. The molecule has 118 valence electrons. The summed E-state index contributed by atoms with van der Waals surface area (Å²) in [6, 6.07) is 6.70. The quantitative estimate of drug-likeness (QED) is 0.739. The molecule has 2 rings (SSSR count). The van der Waals surface area contributed by atoms with E-state index in [4.69, 9.17) is 4.74 Å². The molecular weight excluding hydrogens is 299 g/mol. The number of benzene rings is 1. The second kappa shape index (κ2) is 7.40. The summed E-state index contributed by atoms with van der Waals surface area (Å²) in [4.78, 5) is 2.50. The van der Waals surface area contributed by atoms with Gasteiger partial charge < -0.3 is 9.64 Å². The summed E-state index contributed by atoms with van der Waals surface area (Å²) in [6.07, 6.45) is 4.56. The number of rotatable bonds is 5. The minimum atomic E-state index is -4.26. The van der Waals surface area contributed by atoms with E-state index < -0.39 is 5.51 Å². The lowest BCUT2D eigenvalue weighted by Crippen LogP contribution is -2.37. The monoisotopic (exact) mass is 319 g/mol. The van der Waals surface area contributed by atoms with E-state index >= 15 is 0 Å². The van der Waals surface area contributed by atoms with E-state index in [2.05, 4.69) is 11.9 Å². The minimum Gasteiger partial charge on any atom is -0.493 e. The number of hydrogen-bond acceptors (Lipinski definition) is 3. The SMILES string of the molecule is CN1CCCCC1CCOc1cccc(SC(F)(F)F)c1. The van der Waals surface area contributed by atoms with Crippen molar-refractivity contribution in [3.05, 3.63) is 24.3 Å². The molecule has 1 aromatic rings. The highest BCUT2D eigenvalue weighted by Crippen LogP contribution is 2.37. The highest BCUT2D eigenvalue weighted by atomic mass is 32.2. The predicted molar refractivity (Wildman–Crippen MR) is 78.7 cm³/mol. The van der Waals surface area contributed by atoms with Crippen LogP contribution in [0.2, 0.25) is 0 Å². The lowest BCUT2D eigenvalue weighted by molar-refractivity contribution is -0.0328. The number of nitrogens with zero attached hydrogens (tertiary/aromatic N) is 1. The Bertz CT molecular complexity index is 453. The third-order valence-corrected chi connectivity index (χ3v) is 4.40. The van der Waals surface area contributed by atoms with E-state index in [9.17, 15) is 13.2 Å². The van der Waals surface area contributed by atoms with Gasteiger partial charge >= 0.3 is 5.51 Å². The molecule has 1 saturated heterocycles. The Hall–Kier alpha value is -0.880. The lowest BCUT2D eigenvalue weighted by Gasteiger charge is -2.32. The van der Waals surface area contributed by atoms with Crippen LogP contribution in [0, 0.1) is 0 Å². The van der Waals surface area contributed by atoms with E-state index in [1.807, 2.05) is 0 Å². The van der Waals surface area contributed by atoms with Crippen LogP contribution in [-0.2, 0) is 0 Å². The molecule has 0 aromatic heterocycles. The average Bonchev–Trinajstić information content (AvgIpc) is 2.39. The van der Waals surface area contributed by atoms with Gasteiger partial charge in [-0.1, -0.05) is 12.5 Å². The third kappa shape index (κ3) is 5.79. The number of thioether (sulfide) groups is 1.